The van der Waals surface area contributed by atoms with Crippen molar-refractivity contribution in [3.8, 4) is 0 Å². The first-order chi connectivity index (χ1) is 11.7. The van der Waals surface area contributed by atoms with E-state index in [2.05, 4.69) is 34.5 Å². The number of benzene rings is 2. The Bertz CT molecular complexity index is 917. The van der Waals surface area contributed by atoms with Crippen LogP contribution in [0.4, 0.5) is 5.69 Å². The Morgan fingerprint density at radius 2 is 2.08 bits per heavy atom. The molecular formula is C18H19N3OS2. The van der Waals surface area contributed by atoms with E-state index >= 15 is 0 Å². The number of carbonyl (C=O) groups excluding carboxylic acids is 1. The summed E-state index contributed by atoms with van der Waals surface area (Å²) in [5.41, 5.74) is 9.96. The van der Waals surface area contributed by atoms with Crippen molar-refractivity contribution < 1.29 is 4.79 Å². The zero-order valence-corrected chi connectivity index (χ0v) is 15.3. The van der Waals surface area contributed by atoms with Gasteiger partial charge in [0, 0.05) is 28.4 Å². The number of nitrogens with one attached hydrogen (secondary N) is 2. The zero-order valence-electron chi connectivity index (χ0n) is 13.6. The average Bonchev–Trinajstić information content (AvgIpc) is 2.94. The van der Waals surface area contributed by atoms with Gasteiger partial charge < -0.3 is 4.57 Å². The number of anilines is 1. The molecule has 0 saturated carbocycles. The molecule has 124 valence electrons. The van der Waals surface area contributed by atoms with Gasteiger partial charge in [0.1, 0.15) is 6.29 Å². The number of aldehydes is 1. The molecule has 0 fully saturated rings. The molecule has 3 rings (SSSR count). The van der Waals surface area contributed by atoms with Gasteiger partial charge >= 0.3 is 0 Å². The minimum atomic E-state index is 0.640. The van der Waals surface area contributed by atoms with Crippen LogP contribution in [0, 0.1) is 0 Å². The summed E-state index contributed by atoms with van der Waals surface area (Å²) in [7, 11) is 0. The van der Waals surface area contributed by atoms with Gasteiger partial charge in [0.2, 0.25) is 0 Å². The second-order valence-electron chi connectivity index (χ2n) is 5.49. The van der Waals surface area contributed by atoms with Gasteiger partial charge in [-0.3, -0.25) is 15.6 Å². The molecule has 0 aliphatic heterocycles. The topological polar surface area (TPSA) is 46.1 Å². The molecule has 0 aliphatic rings. The molecule has 6 heteroatoms. The van der Waals surface area contributed by atoms with E-state index in [1.807, 2.05) is 30.5 Å². The molecule has 0 atom stereocenters. The number of aromatic nitrogens is 1. The number of nitrogens with zero attached hydrogens (tertiary/aromatic N) is 1. The molecule has 24 heavy (non-hydrogen) atoms. The first kappa shape index (κ1) is 16.8. The molecule has 3 aromatic rings. The van der Waals surface area contributed by atoms with Gasteiger partial charge in [0.15, 0.2) is 4.32 Å². The number of rotatable bonds is 5. The van der Waals surface area contributed by atoms with Crippen LogP contribution >= 0.6 is 24.0 Å². The second-order valence-corrected chi connectivity index (χ2v) is 6.98. The molecule has 0 aliphatic carbocycles. The molecule has 0 amide bonds. The maximum Gasteiger partial charge on any atom is 0.152 e. The smallest absolute Gasteiger partial charge is 0.152 e. The van der Waals surface area contributed by atoms with Gasteiger partial charge in [0.05, 0.1) is 11.2 Å². The second kappa shape index (κ2) is 7.23. The van der Waals surface area contributed by atoms with Crippen molar-refractivity contribution in [3.05, 3.63) is 42.0 Å². The Morgan fingerprint density at radius 1 is 1.29 bits per heavy atom. The number of aryl methyl sites for hydroxylation is 1. The normalized spacial score (nSPS) is 10.9. The van der Waals surface area contributed by atoms with E-state index in [1.165, 1.54) is 17.3 Å². The lowest BCUT2D eigenvalue weighted by atomic mass is 10.1. The summed E-state index contributed by atoms with van der Waals surface area (Å²) in [6.45, 7) is 3.07. The van der Waals surface area contributed by atoms with Crippen molar-refractivity contribution in [2.24, 2.45) is 0 Å². The van der Waals surface area contributed by atoms with Gasteiger partial charge in [-0.1, -0.05) is 49.1 Å². The van der Waals surface area contributed by atoms with Gasteiger partial charge in [-0.15, -0.1) is 0 Å². The lowest BCUT2D eigenvalue weighted by molar-refractivity contribution is 0.112. The minimum Gasteiger partial charge on any atom is -0.339 e. The lowest BCUT2D eigenvalue weighted by Gasteiger charge is -2.14. The van der Waals surface area contributed by atoms with Gasteiger partial charge in [-0.05, 0) is 30.9 Å². The van der Waals surface area contributed by atoms with Gasteiger partial charge in [-0.25, -0.2) is 0 Å². The number of fused-ring (bicyclic) bond motifs is 3. The number of para-hydroxylation sites is 1. The fraction of sp³-hybridized carbons (Fsp3) is 0.222. The summed E-state index contributed by atoms with van der Waals surface area (Å²) in [6, 6.07) is 12.1. The molecule has 1 aromatic heterocycles. The Kier molecular flexibility index (Phi) is 5.06. The summed E-state index contributed by atoms with van der Waals surface area (Å²) in [4.78, 5) is 11.4. The van der Waals surface area contributed by atoms with Crippen molar-refractivity contribution in [2.75, 3.05) is 11.7 Å². The molecule has 4 nitrogen and oxygen atoms in total. The highest BCUT2D eigenvalue weighted by molar-refractivity contribution is 8.22. The van der Waals surface area contributed by atoms with Crippen LogP contribution in [0.2, 0.25) is 0 Å². The summed E-state index contributed by atoms with van der Waals surface area (Å²) in [6.07, 6.45) is 3.82. The first-order valence-corrected chi connectivity index (χ1v) is 9.43. The third-order valence-electron chi connectivity index (χ3n) is 3.96. The molecule has 1 heterocycles. The Labute approximate surface area is 150 Å². The van der Waals surface area contributed by atoms with E-state index < -0.39 is 0 Å². The van der Waals surface area contributed by atoms with E-state index in [1.54, 1.807) is 0 Å². The standard InChI is InChI=1S/C18H19N3OS2/c1-3-8-21-16-7-5-4-6-13(16)14-9-12(11-22)10-15(17(14)21)19-20-18(23)24-2/h4-7,9-11,19H,3,8H2,1-2H3,(H,20,23). The summed E-state index contributed by atoms with van der Waals surface area (Å²) in [5.74, 6) is 0. The van der Waals surface area contributed by atoms with Crippen LogP contribution in [0.5, 0.6) is 0 Å². The maximum atomic E-state index is 11.4. The predicted molar refractivity (Wildman–Crippen MR) is 108 cm³/mol. The van der Waals surface area contributed by atoms with Crippen molar-refractivity contribution >= 4 is 62.1 Å². The number of hydrogen-bond donors (Lipinski definition) is 2. The van der Waals surface area contributed by atoms with Crippen molar-refractivity contribution in [1.82, 2.24) is 9.99 Å². The molecule has 0 unspecified atom stereocenters. The molecular weight excluding hydrogens is 338 g/mol. The lowest BCUT2D eigenvalue weighted by Crippen LogP contribution is -2.25. The minimum absolute atomic E-state index is 0.640. The van der Waals surface area contributed by atoms with E-state index in [9.17, 15) is 4.79 Å². The predicted octanol–water partition coefficient (Wildman–Crippen LogP) is 4.58. The van der Waals surface area contributed by atoms with Crippen LogP contribution in [0.25, 0.3) is 21.8 Å². The van der Waals surface area contributed by atoms with E-state index in [0.717, 1.165) is 41.2 Å². The highest BCUT2D eigenvalue weighted by atomic mass is 32.2. The van der Waals surface area contributed by atoms with Crippen molar-refractivity contribution in [1.29, 1.82) is 0 Å². The van der Waals surface area contributed by atoms with Crippen LogP contribution < -0.4 is 10.9 Å². The number of thioether (sulfide) groups is 1. The highest BCUT2D eigenvalue weighted by Gasteiger charge is 2.15. The molecule has 0 radical (unpaired) electrons. The fourth-order valence-electron chi connectivity index (χ4n) is 3.00. The Morgan fingerprint density at radius 3 is 2.79 bits per heavy atom. The zero-order chi connectivity index (χ0) is 17.1. The quantitative estimate of drug-likeness (QED) is 0.397. The SMILES string of the molecule is CCCn1c2ccccc2c2cc(C=O)cc(NNC(=S)SC)c21. The summed E-state index contributed by atoms with van der Waals surface area (Å²) < 4.78 is 2.95. The maximum absolute atomic E-state index is 11.4. The van der Waals surface area contributed by atoms with Gasteiger partial charge in [-0.2, -0.15) is 0 Å². The number of hydrazine groups is 1. The molecule has 2 N–H and O–H groups in total. The largest absolute Gasteiger partial charge is 0.339 e. The summed E-state index contributed by atoms with van der Waals surface area (Å²) in [5, 5.41) is 2.23. The van der Waals surface area contributed by atoms with E-state index in [4.69, 9.17) is 12.2 Å². The Balaban J connectivity index is 2.28. The highest BCUT2D eigenvalue weighted by Crippen LogP contribution is 2.34. The average molecular weight is 358 g/mol. The van der Waals surface area contributed by atoms with Crippen LogP contribution in [0.1, 0.15) is 23.7 Å². The molecule has 0 bridgehead atoms. The third kappa shape index (κ3) is 2.99. The van der Waals surface area contributed by atoms with Crippen LogP contribution in [-0.2, 0) is 6.54 Å². The molecule has 2 aromatic carbocycles. The fourth-order valence-corrected chi connectivity index (χ4v) is 3.20. The van der Waals surface area contributed by atoms with E-state index in [-0.39, 0.29) is 0 Å². The van der Waals surface area contributed by atoms with Crippen LogP contribution in [-0.4, -0.2) is 21.4 Å². The van der Waals surface area contributed by atoms with Gasteiger partial charge in [0.25, 0.3) is 0 Å². The first-order valence-electron chi connectivity index (χ1n) is 7.79. The monoisotopic (exact) mass is 357 g/mol. The number of carbonyl (C=O) groups is 1. The number of hydrogen-bond acceptors (Lipinski definition) is 4. The molecule has 0 spiro atoms. The van der Waals surface area contributed by atoms with Crippen molar-refractivity contribution in [2.45, 2.75) is 19.9 Å². The third-order valence-corrected chi connectivity index (χ3v) is 5.03. The number of thiocarbonyl (C=S) groups is 1. The summed E-state index contributed by atoms with van der Waals surface area (Å²) >= 11 is 6.66. The van der Waals surface area contributed by atoms with Crippen molar-refractivity contribution in [3.63, 3.8) is 0 Å². The van der Waals surface area contributed by atoms with Crippen LogP contribution in [0.3, 0.4) is 0 Å². The van der Waals surface area contributed by atoms with Crippen LogP contribution in [0.15, 0.2) is 36.4 Å². The Hall–Kier alpha value is -2.05. The van der Waals surface area contributed by atoms with E-state index in [0.29, 0.717) is 9.88 Å². The molecule has 0 saturated heterocycles.